The maximum Gasteiger partial charge on any atom is 0.262 e. The first-order valence-electron chi connectivity index (χ1n) is 9.81. The second-order valence-electron chi connectivity index (χ2n) is 6.95. The molecule has 0 bridgehead atoms. The maximum absolute atomic E-state index is 12.8. The van der Waals surface area contributed by atoms with Gasteiger partial charge >= 0.3 is 0 Å². The molecule has 0 spiro atoms. The van der Waals surface area contributed by atoms with E-state index in [0.29, 0.717) is 29.2 Å². The van der Waals surface area contributed by atoms with Gasteiger partial charge in [-0.15, -0.1) is 0 Å². The van der Waals surface area contributed by atoms with Crippen molar-refractivity contribution >= 4 is 28.6 Å². The standard InChI is InChI=1S/C22H23N3O3S/c1-2-12-25-21(27)16-8-3-5-9-17(16)24-22(25)29-14-20(26)23-18-11-13-28-19-10-6-4-7-15(18)19/h3-10,18H,2,11-14H2,1H3,(H,23,26). The van der Waals surface area contributed by atoms with Crippen LogP contribution < -0.4 is 15.6 Å². The van der Waals surface area contributed by atoms with Gasteiger partial charge < -0.3 is 10.1 Å². The van der Waals surface area contributed by atoms with E-state index >= 15 is 0 Å². The van der Waals surface area contributed by atoms with Crippen molar-refractivity contribution in [3.05, 3.63) is 64.4 Å². The third-order valence-electron chi connectivity index (χ3n) is 4.90. The molecule has 1 amide bonds. The summed E-state index contributed by atoms with van der Waals surface area (Å²) in [5.74, 6) is 0.945. The van der Waals surface area contributed by atoms with Crippen LogP contribution in [0.2, 0.25) is 0 Å². The first-order chi connectivity index (χ1) is 14.2. The zero-order valence-corrected chi connectivity index (χ0v) is 17.1. The van der Waals surface area contributed by atoms with Gasteiger partial charge in [0.25, 0.3) is 5.56 Å². The average molecular weight is 410 g/mol. The molecule has 6 nitrogen and oxygen atoms in total. The van der Waals surface area contributed by atoms with E-state index in [1.165, 1.54) is 11.8 Å². The van der Waals surface area contributed by atoms with Gasteiger partial charge in [0.05, 0.1) is 29.3 Å². The predicted octanol–water partition coefficient (Wildman–Crippen LogP) is 3.54. The smallest absolute Gasteiger partial charge is 0.262 e. The molecule has 1 unspecified atom stereocenters. The van der Waals surface area contributed by atoms with E-state index in [-0.39, 0.29) is 23.3 Å². The SMILES string of the molecule is CCCn1c(SCC(=O)NC2CCOc3ccccc32)nc2ccccc2c1=O. The Hall–Kier alpha value is -2.80. The number of hydrogen-bond donors (Lipinski definition) is 1. The Morgan fingerprint density at radius 2 is 2.03 bits per heavy atom. The van der Waals surface area contributed by atoms with Crippen molar-refractivity contribution in [1.82, 2.24) is 14.9 Å². The molecule has 0 saturated heterocycles. The van der Waals surface area contributed by atoms with Crippen LogP contribution in [0.15, 0.2) is 58.5 Å². The molecule has 0 aliphatic carbocycles. The van der Waals surface area contributed by atoms with Crippen LogP contribution in [0.25, 0.3) is 10.9 Å². The van der Waals surface area contributed by atoms with E-state index < -0.39 is 0 Å². The Bertz CT molecular complexity index is 1100. The van der Waals surface area contributed by atoms with Crippen LogP contribution >= 0.6 is 11.8 Å². The molecule has 29 heavy (non-hydrogen) atoms. The molecule has 1 aliphatic heterocycles. The van der Waals surface area contributed by atoms with Crippen molar-refractivity contribution in [2.24, 2.45) is 0 Å². The lowest BCUT2D eigenvalue weighted by Crippen LogP contribution is -2.33. The summed E-state index contributed by atoms with van der Waals surface area (Å²) in [7, 11) is 0. The van der Waals surface area contributed by atoms with Gasteiger partial charge in [-0.1, -0.05) is 49.0 Å². The Morgan fingerprint density at radius 3 is 2.90 bits per heavy atom. The fraction of sp³-hybridized carbons (Fsp3) is 0.318. The summed E-state index contributed by atoms with van der Waals surface area (Å²) in [6.07, 6.45) is 1.56. The second kappa shape index (κ2) is 8.69. The average Bonchev–Trinajstić information content (AvgIpc) is 2.75. The largest absolute Gasteiger partial charge is 0.493 e. The molecule has 0 saturated carbocycles. The molecule has 1 N–H and O–H groups in total. The van der Waals surface area contributed by atoms with E-state index in [1.807, 2.05) is 49.4 Å². The van der Waals surface area contributed by atoms with E-state index in [4.69, 9.17) is 4.74 Å². The molecule has 1 aliphatic rings. The van der Waals surface area contributed by atoms with Crippen LogP contribution in [0.5, 0.6) is 5.75 Å². The molecule has 1 aromatic heterocycles. The first-order valence-corrected chi connectivity index (χ1v) is 10.8. The van der Waals surface area contributed by atoms with Gasteiger partial charge in [-0.25, -0.2) is 4.98 Å². The Balaban J connectivity index is 1.50. The normalized spacial score (nSPS) is 15.6. The van der Waals surface area contributed by atoms with Crippen LogP contribution in [0, 0.1) is 0 Å². The van der Waals surface area contributed by atoms with Crippen LogP contribution in [-0.2, 0) is 11.3 Å². The number of carbonyl (C=O) groups excluding carboxylic acids is 1. The Labute approximate surface area is 173 Å². The number of carbonyl (C=O) groups is 1. The van der Waals surface area contributed by atoms with Gasteiger partial charge in [0.2, 0.25) is 5.91 Å². The molecule has 2 aromatic carbocycles. The summed E-state index contributed by atoms with van der Waals surface area (Å²) in [6.45, 7) is 3.18. The summed E-state index contributed by atoms with van der Waals surface area (Å²) in [5, 5.41) is 4.28. The summed E-state index contributed by atoms with van der Waals surface area (Å²) >= 11 is 1.30. The zero-order valence-electron chi connectivity index (χ0n) is 16.3. The minimum Gasteiger partial charge on any atom is -0.493 e. The molecule has 0 radical (unpaired) electrons. The lowest BCUT2D eigenvalue weighted by Gasteiger charge is -2.26. The van der Waals surface area contributed by atoms with Crippen LogP contribution in [0.3, 0.4) is 0 Å². The monoisotopic (exact) mass is 409 g/mol. The number of amides is 1. The fourth-order valence-electron chi connectivity index (χ4n) is 3.54. The van der Waals surface area contributed by atoms with Crippen molar-refractivity contribution in [2.45, 2.75) is 37.5 Å². The Kier molecular flexibility index (Phi) is 5.85. The highest BCUT2D eigenvalue weighted by Crippen LogP contribution is 2.31. The molecule has 0 fully saturated rings. The molecule has 150 valence electrons. The highest BCUT2D eigenvalue weighted by Gasteiger charge is 2.23. The summed E-state index contributed by atoms with van der Waals surface area (Å²) in [6, 6.07) is 15.0. The third-order valence-corrected chi connectivity index (χ3v) is 5.88. The summed E-state index contributed by atoms with van der Waals surface area (Å²) in [4.78, 5) is 30.1. The van der Waals surface area contributed by atoms with E-state index in [2.05, 4.69) is 10.3 Å². The van der Waals surface area contributed by atoms with Gasteiger partial charge in [-0.2, -0.15) is 0 Å². The number of fused-ring (bicyclic) bond motifs is 2. The third kappa shape index (κ3) is 4.15. The number of benzene rings is 2. The zero-order chi connectivity index (χ0) is 20.2. The van der Waals surface area contributed by atoms with Gasteiger partial charge in [0, 0.05) is 18.5 Å². The van der Waals surface area contributed by atoms with Crippen LogP contribution in [0.1, 0.15) is 31.4 Å². The van der Waals surface area contributed by atoms with Crippen molar-refractivity contribution in [1.29, 1.82) is 0 Å². The van der Waals surface area contributed by atoms with Gasteiger partial charge in [-0.3, -0.25) is 14.2 Å². The summed E-state index contributed by atoms with van der Waals surface area (Å²) in [5.41, 5.74) is 1.61. The molecular weight excluding hydrogens is 386 g/mol. The minimum absolute atomic E-state index is 0.0567. The van der Waals surface area contributed by atoms with Gasteiger partial charge in [0.1, 0.15) is 5.75 Å². The predicted molar refractivity (Wildman–Crippen MR) is 114 cm³/mol. The summed E-state index contributed by atoms with van der Waals surface area (Å²) < 4.78 is 7.33. The van der Waals surface area contributed by atoms with Crippen molar-refractivity contribution in [3.8, 4) is 5.75 Å². The van der Waals surface area contributed by atoms with Crippen LogP contribution in [0.4, 0.5) is 0 Å². The van der Waals surface area contributed by atoms with Gasteiger partial charge in [-0.05, 0) is 24.6 Å². The fourth-order valence-corrected chi connectivity index (χ4v) is 4.37. The number of rotatable bonds is 6. The molecule has 3 aromatic rings. The number of hydrogen-bond acceptors (Lipinski definition) is 5. The van der Waals surface area contributed by atoms with E-state index in [9.17, 15) is 9.59 Å². The molecular formula is C22H23N3O3S. The van der Waals surface area contributed by atoms with E-state index in [1.54, 1.807) is 10.6 Å². The number of ether oxygens (including phenoxy) is 1. The molecule has 4 rings (SSSR count). The number of nitrogens with zero attached hydrogens (tertiary/aromatic N) is 2. The van der Waals surface area contributed by atoms with Gasteiger partial charge in [0.15, 0.2) is 5.16 Å². The molecule has 7 heteroatoms. The van der Waals surface area contributed by atoms with Crippen LogP contribution in [-0.4, -0.2) is 27.8 Å². The highest BCUT2D eigenvalue weighted by atomic mass is 32.2. The highest BCUT2D eigenvalue weighted by molar-refractivity contribution is 7.99. The lowest BCUT2D eigenvalue weighted by atomic mass is 10.0. The number of nitrogens with one attached hydrogen (secondary N) is 1. The topological polar surface area (TPSA) is 73.2 Å². The second-order valence-corrected chi connectivity index (χ2v) is 7.89. The lowest BCUT2D eigenvalue weighted by molar-refractivity contribution is -0.119. The number of thioether (sulfide) groups is 1. The minimum atomic E-state index is -0.0813. The number of para-hydroxylation sites is 2. The molecule has 2 heterocycles. The van der Waals surface area contributed by atoms with E-state index in [0.717, 1.165) is 24.2 Å². The first kappa shape index (κ1) is 19.5. The van der Waals surface area contributed by atoms with Crippen molar-refractivity contribution in [3.63, 3.8) is 0 Å². The quantitative estimate of drug-likeness (QED) is 0.498. The Morgan fingerprint density at radius 1 is 1.24 bits per heavy atom. The molecule has 1 atom stereocenters. The van der Waals surface area contributed by atoms with Crippen molar-refractivity contribution < 1.29 is 9.53 Å². The maximum atomic E-state index is 12.8. The van der Waals surface area contributed by atoms with Crippen molar-refractivity contribution in [2.75, 3.05) is 12.4 Å². The number of aromatic nitrogens is 2.